The van der Waals surface area contributed by atoms with Gasteiger partial charge in [0.2, 0.25) is 0 Å². The molecule has 0 atom stereocenters. The van der Waals surface area contributed by atoms with Gasteiger partial charge in [-0.05, 0) is 43.1 Å². The van der Waals surface area contributed by atoms with Gasteiger partial charge in [-0.2, -0.15) is 13.2 Å². The molecule has 0 saturated heterocycles. The third-order valence-electron chi connectivity index (χ3n) is 2.19. The molecule has 0 bridgehead atoms. The van der Waals surface area contributed by atoms with Gasteiger partial charge in [0.1, 0.15) is 0 Å². The first kappa shape index (κ1) is 12.3. The normalized spacial score (nSPS) is 11.9. The second-order valence-electron chi connectivity index (χ2n) is 3.28. The van der Waals surface area contributed by atoms with Gasteiger partial charge in [0.15, 0.2) is 0 Å². The van der Waals surface area contributed by atoms with Crippen molar-refractivity contribution in [2.45, 2.75) is 19.5 Å². The Morgan fingerprint density at radius 3 is 2.40 bits per heavy atom. The van der Waals surface area contributed by atoms with Gasteiger partial charge in [-0.3, -0.25) is 0 Å². The standard InChI is InChI=1S/C10H11ClF3N/c1-6-7(2-3-15)4-8(5-9(6)11)10(12,13)14/h4-5H,2-3,15H2,1H3. The first-order valence-corrected chi connectivity index (χ1v) is 4.80. The number of nitrogens with two attached hydrogens (primary N) is 1. The lowest BCUT2D eigenvalue weighted by Gasteiger charge is -2.12. The Hall–Kier alpha value is -0.740. The highest BCUT2D eigenvalue weighted by Crippen LogP contribution is 2.33. The molecule has 0 spiro atoms. The van der Waals surface area contributed by atoms with E-state index in [4.69, 9.17) is 17.3 Å². The van der Waals surface area contributed by atoms with Gasteiger partial charge in [-0.15, -0.1) is 0 Å². The Kier molecular flexibility index (Phi) is 3.62. The second-order valence-corrected chi connectivity index (χ2v) is 3.69. The van der Waals surface area contributed by atoms with Gasteiger partial charge in [0.05, 0.1) is 5.56 Å². The summed E-state index contributed by atoms with van der Waals surface area (Å²) in [6, 6.07) is 2.05. The molecular formula is C10H11ClF3N. The van der Waals surface area contributed by atoms with E-state index in [1.54, 1.807) is 6.92 Å². The van der Waals surface area contributed by atoms with Crippen molar-refractivity contribution in [3.05, 3.63) is 33.8 Å². The maximum absolute atomic E-state index is 12.4. The first-order valence-electron chi connectivity index (χ1n) is 4.42. The molecule has 5 heteroatoms. The van der Waals surface area contributed by atoms with Crippen molar-refractivity contribution in [3.63, 3.8) is 0 Å². The average Bonchev–Trinajstić information content (AvgIpc) is 2.11. The summed E-state index contributed by atoms with van der Waals surface area (Å²) in [5.41, 5.74) is 5.81. The van der Waals surface area contributed by atoms with E-state index in [0.717, 1.165) is 12.1 Å². The Balaban J connectivity index is 3.23. The highest BCUT2D eigenvalue weighted by atomic mass is 35.5. The molecular weight excluding hydrogens is 227 g/mol. The molecule has 0 unspecified atom stereocenters. The van der Waals surface area contributed by atoms with Crippen molar-refractivity contribution in [2.24, 2.45) is 5.73 Å². The molecule has 0 heterocycles. The summed E-state index contributed by atoms with van der Waals surface area (Å²) in [5, 5.41) is 0.133. The molecule has 0 fully saturated rings. The van der Waals surface area contributed by atoms with Crippen LogP contribution in [0.25, 0.3) is 0 Å². The number of benzene rings is 1. The largest absolute Gasteiger partial charge is 0.416 e. The lowest BCUT2D eigenvalue weighted by Crippen LogP contribution is -2.09. The second kappa shape index (κ2) is 4.41. The van der Waals surface area contributed by atoms with Crippen LogP contribution in [0.15, 0.2) is 12.1 Å². The average molecular weight is 238 g/mol. The summed E-state index contributed by atoms with van der Waals surface area (Å²) in [7, 11) is 0. The highest BCUT2D eigenvalue weighted by molar-refractivity contribution is 6.31. The van der Waals surface area contributed by atoms with Gasteiger partial charge >= 0.3 is 6.18 Å². The zero-order chi connectivity index (χ0) is 11.6. The van der Waals surface area contributed by atoms with Crippen LogP contribution in [0.5, 0.6) is 0 Å². The summed E-state index contributed by atoms with van der Waals surface area (Å²) in [5.74, 6) is 0. The first-order chi connectivity index (χ1) is 6.86. The van der Waals surface area contributed by atoms with Crippen molar-refractivity contribution in [3.8, 4) is 0 Å². The predicted octanol–water partition coefficient (Wildman–Crippen LogP) is 3.17. The lowest BCUT2D eigenvalue weighted by molar-refractivity contribution is -0.137. The van der Waals surface area contributed by atoms with Gasteiger partial charge in [-0.1, -0.05) is 11.6 Å². The molecule has 0 amide bonds. The van der Waals surface area contributed by atoms with Gasteiger partial charge in [-0.25, -0.2) is 0 Å². The van der Waals surface area contributed by atoms with Crippen molar-refractivity contribution in [1.82, 2.24) is 0 Å². The van der Waals surface area contributed by atoms with Crippen LogP contribution in [0.2, 0.25) is 5.02 Å². The van der Waals surface area contributed by atoms with E-state index in [2.05, 4.69) is 0 Å². The van der Waals surface area contributed by atoms with Crippen molar-refractivity contribution < 1.29 is 13.2 Å². The molecule has 0 aliphatic heterocycles. The maximum Gasteiger partial charge on any atom is 0.416 e. The van der Waals surface area contributed by atoms with Crippen molar-refractivity contribution >= 4 is 11.6 Å². The van der Waals surface area contributed by atoms with Crippen LogP contribution in [-0.4, -0.2) is 6.54 Å². The Labute approximate surface area is 91.0 Å². The zero-order valence-corrected chi connectivity index (χ0v) is 8.91. The molecule has 2 N–H and O–H groups in total. The van der Waals surface area contributed by atoms with Crippen LogP contribution in [0, 0.1) is 6.92 Å². The Morgan fingerprint density at radius 1 is 1.33 bits per heavy atom. The number of hydrogen-bond acceptors (Lipinski definition) is 1. The zero-order valence-electron chi connectivity index (χ0n) is 8.16. The number of halogens is 4. The van der Waals surface area contributed by atoms with Crippen LogP contribution in [-0.2, 0) is 12.6 Å². The Bertz CT molecular complexity index is 360. The molecule has 0 aliphatic rings. The van der Waals surface area contributed by atoms with Crippen LogP contribution < -0.4 is 5.73 Å². The molecule has 0 saturated carbocycles. The molecule has 1 nitrogen and oxygen atoms in total. The number of rotatable bonds is 2. The molecule has 15 heavy (non-hydrogen) atoms. The molecule has 0 aliphatic carbocycles. The summed E-state index contributed by atoms with van der Waals surface area (Å²) in [6.07, 6.45) is -3.96. The molecule has 0 radical (unpaired) electrons. The van der Waals surface area contributed by atoms with E-state index < -0.39 is 11.7 Å². The van der Waals surface area contributed by atoms with E-state index in [9.17, 15) is 13.2 Å². The summed E-state index contributed by atoms with van der Waals surface area (Å²) < 4.78 is 37.3. The third-order valence-corrected chi connectivity index (χ3v) is 2.59. The molecule has 1 aromatic carbocycles. The van der Waals surface area contributed by atoms with Crippen LogP contribution in [0.4, 0.5) is 13.2 Å². The number of alkyl halides is 3. The third kappa shape index (κ3) is 2.86. The van der Waals surface area contributed by atoms with Crippen LogP contribution >= 0.6 is 11.6 Å². The highest BCUT2D eigenvalue weighted by Gasteiger charge is 2.31. The van der Waals surface area contributed by atoms with E-state index in [-0.39, 0.29) is 5.02 Å². The fourth-order valence-corrected chi connectivity index (χ4v) is 1.55. The summed E-state index contributed by atoms with van der Waals surface area (Å²) in [6.45, 7) is 1.99. The predicted molar refractivity (Wildman–Crippen MR) is 53.9 cm³/mol. The SMILES string of the molecule is Cc1c(Cl)cc(C(F)(F)F)cc1CCN. The van der Waals surface area contributed by atoms with Crippen LogP contribution in [0.3, 0.4) is 0 Å². The number of hydrogen-bond donors (Lipinski definition) is 1. The quantitative estimate of drug-likeness (QED) is 0.840. The van der Waals surface area contributed by atoms with Gasteiger partial charge < -0.3 is 5.73 Å². The van der Waals surface area contributed by atoms with Gasteiger partial charge in [0, 0.05) is 5.02 Å². The van der Waals surface area contributed by atoms with Crippen molar-refractivity contribution in [1.29, 1.82) is 0 Å². The molecule has 1 rings (SSSR count). The molecule has 84 valence electrons. The van der Waals surface area contributed by atoms with E-state index in [1.807, 2.05) is 0 Å². The maximum atomic E-state index is 12.4. The fraction of sp³-hybridized carbons (Fsp3) is 0.400. The monoisotopic (exact) mass is 237 g/mol. The van der Waals surface area contributed by atoms with E-state index >= 15 is 0 Å². The van der Waals surface area contributed by atoms with Crippen LogP contribution in [0.1, 0.15) is 16.7 Å². The summed E-state index contributed by atoms with van der Waals surface area (Å²) in [4.78, 5) is 0. The van der Waals surface area contributed by atoms with E-state index in [0.29, 0.717) is 24.1 Å². The van der Waals surface area contributed by atoms with Gasteiger partial charge in [0.25, 0.3) is 0 Å². The van der Waals surface area contributed by atoms with Crippen molar-refractivity contribution in [2.75, 3.05) is 6.54 Å². The molecule has 0 aromatic heterocycles. The minimum Gasteiger partial charge on any atom is -0.330 e. The Morgan fingerprint density at radius 2 is 1.93 bits per heavy atom. The topological polar surface area (TPSA) is 26.0 Å². The summed E-state index contributed by atoms with van der Waals surface area (Å²) >= 11 is 5.72. The fourth-order valence-electron chi connectivity index (χ4n) is 1.31. The minimum atomic E-state index is -4.36. The lowest BCUT2D eigenvalue weighted by atomic mass is 10.0. The smallest absolute Gasteiger partial charge is 0.330 e. The minimum absolute atomic E-state index is 0.133. The molecule has 1 aromatic rings. The van der Waals surface area contributed by atoms with E-state index in [1.165, 1.54) is 0 Å².